The minimum Gasteiger partial charge on any atom is -0.487 e. The number of aliphatic hydroxyl groups is 1. The second-order valence-corrected chi connectivity index (χ2v) is 13.3. The Morgan fingerprint density at radius 3 is 2.38 bits per heavy atom. The molecule has 0 aliphatic carbocycles. The molecule has 274 valence electrons. The molecule has 0 aliphatic heterocycles. The number of anilines is 2. The third-order valence-corrected chi connectivity index (χ3v) is 8.28. The minimum atomic E-state index is -2.74. The van der Waals surface area contributed by atoms with E-state index in [2.05, 4.69) is 20.6 Å². The van der Waals surface area contributed by atoms with Crippen molar-refractivity contribution in [3.8, 4) is 17.1 Å². The van der Waals surface area contributed by atoms with Gasteiger partial charge < -0.3 is 40.2 Å². The fourth-order valence-corrected chi connectivity index (χ4v) is 5.37. The molecule has 3 aromatic carbocycles. The first-order valence-corrected chi connectivity index (χ1v) is 17.5. The van der Waals surface area contributed by atoms with E-state index in [-0.39, 0.29) is 12.4 Å². The molecule has 0 radical (unpaired) electrons. The van der Waals surface area contributed by atoms with Crippen molar-refractivity contribution < 1.29 is 52.6 Å². The van der Waals surface area contributed by atoms with Crippen LogP contribution in [0.4, 0.5) is 15.9 Å². The molecule has 0 amide bonds. The number of carboxylic acid groups (broad SMARTS) is 3. The van der Waals surface area contributed by atoms with E-state index in [1.807, 2.05) is 36.4 Å². The molecule has 2 heterocycles. The Balaban J connectivity index is 0.000000398. The maximum Gasteiger partial charge on any atom is 0.336 e. The van der Waals surface area contributed by atoms with Crippen molar-refractivity contribution in [1.29, 1.82) is 0 Å². The first kappa shape index (κ1) is 39.4. The summed E-state index contributed by atoms with van der Waals surface area (Å²) in [6.45, 7) is 1.42. The molecule has 1 unspecified atom stereocenters. The molecule has 1 atom stereocenters. The summed E-state index contributed by atoms with van der Waals surface area (Å²) in [5, 5.41) is 41.6. The normalized spacial score (nSPS) is 11.7. The van der Waals surface area contributed by atoms with Crippen molar-refractivity contribution in [2.75, 3.05) is 23.9 Å². The molecular weight excluding hydrogens is 723 g/mol. The van der Waals surface area contributed by atoms with Crippen LogP contribution in [-0.4, -0.2) is 76.7 Å². The van der Waals surface area contributed by atoms with Gasteiger partial charge in [0.2, 0.25) is 0 Å². The second-order valence-electron chi connectivity index (χ2n) is 11.3. The standard InChI is InChI=1S/C29H26ClFN4O3S.C6H8O7/c1-39(36)12-11-32-16-23-7-10-27(38-23)20-5-8-26-24(14-20)29(34-18-33-26)35-22-6-9-28(25(30)15-22)37-17-19-3-2-4-21(31)13-19;7-3(8)1-6(13,5(11)12)2-4(9)10/h2-10,13-15,18,32H,11-12,16-17H2,1H3,(H,33,34,35);13H,1-2H2,(H,7,8)(H,9,10)(H,11,12). The number of nitrogens with one attached hydrogen (secondary N) is 2. The van der Waals surface area contributed by atoms with Crippen LogP contribution < -0.4 is 15.4 Å². The summed E-state index contributed by atoms with van der Waals surface area (Å²) in [4.78, 5) is 39.3. The van der Waals surface area contributed by atoms with Crippen molar-refractivity contribution in [2.45, 2.75) is 31.6 Å². The second kappa shape index (κ2) is 18.2. The molecular formula is C35H34ClFN4O10S. The van der Waals surface area contributed by atoms with E-state index in [0.29, 0.717) is 41.0 Å². The summed E-state index contributed by atoms with van der Waals surface area (Å²) in [6.07, 6.45) is 0.903. The van der Waals surface area contributed by atoms with Crippen LogP contribution in [-0.2, 0) is 38.3 Å². The van der Waals surface area contributed by atoms with Crippen LogP contribution >= 0.6 is 11.6 Å². The molecule has 14 nitrogen and oxygen atoms in total. The number of halogens is 2. The lowest BCUT2D eigenvalue weighted by atomic mass is 9.96. The molecule has 0 fully saturated rings. The minimum absolute atomic E-state index is 0.202. The lowest BCUT2D eigenvalue weighted by Crippen LogP contribution is -2.42. The Kier molecular flexibility index (Phi) is 13.8. The Bertz CT molecular complexity index is 2060. The number of carboxylic acids is 3. The zero-order valence-electron chi connectivity index (χ0n) is 27.5. The Morgan fingerprint density at radius 2 is 1.73 bits per heavy atom. The zero-order valence-corrected chi connectivity index (χ0v) is 29.1. The summed E-state index contributed by atoms with van der Waals surface area (Å²) in [5.74, 6) is -2.10. The number of ether oxygens (including phenoxy) is 1. The SMILES string of the molecule is CS(=O)CCNCc1ccc(-c2ccc3ncnc(Nc4ccc(OCc5cccc(F)c5)c(Cl)c4)c3c2)o1.O=C(O)CC(O)(CC(=O)O)C(=O)O. The van der Waals surface area contributed by atoms with Gasteiger partial charge in [0.05, 0.1) is 29.9 Å². The number of fused-ring (bicyclic) bond motifs is 1. The number of aromatic nitrogens is 2. The first-order valence-electron chi connectivity index (χ1n) is 15.4. The van der Waals surface area contributed by atoms with Gasteiger partial charge in [-0.2, -0.15) is 0 Å². The van der Waals surface area contributed by atoms with Crippen molar-refractivity contribution in [3.63, 3.8) is 0 Å². The highest BCUT2D eigenvalue weighted by Crippen LogP contribution is 2.33. The van der Waals surface area contributed by atoms with E-state index < -0.39 is 47.2 Å². The van der Waals surface area contributed by atoms with Gasteiger partial charge in [0.25, 0.3) is 0 Å². The van der Waals surface area contributed by atoms with E-state index in [1.165, 1.54) is 18.5 Å². The van der Waals surface area contributed by atoms with Gasteiger partial charge in [-0.15, -0.1) is 0 Å². The lowest BCUT2D eigenvalue weighted by Gasteiger charge is -2.18. The number of hydrogen-bond donors (Lipinski definition) is 6. The molecule has 17 heteroatoms. The Labute approximate surface area is 303 Å². The summed E-state index contributed by atoms with van der Waals surface area (Å²) in [5.41, 5.74) is 0.366. The molecule has 0 saturated heterocycles. The number of nitrogens with zero attached hydrogens (tertiary/aromatic N) is 2. The Hall–Kier alpha value is -5.42. The average molecular weight is 757 g/mol. The maximum absolute atomic E-state index is 13.4. The average Bonchev–Trinajstić information content (AvgIpc) is 3.55. The van der Waals surface area contributed by atoms with Crippen LogP contribution in [0.1, 0.15) is 24.2 Å². The fraction of sp³-hybridized carbons (Fsp3) is 0.229. The number of hydrogen-bond acceptors (Lipinski definition) is 11. The maximum atomic E-state index is 13.4. The van der Waals surface area contributed by atoms with E-state index in [1.54, 1.807) is 30.5 Å². The number of furan rings is 1. The van der Waals surface area contributed by atoms with Crippen LogP contribution in [0.3, 0.4) is 0 Å². The summed E-state index contributed by atoms with van der Waals surface area (Å²) in [7, 11) is -0.826. The number of carbonyl (C=O) groups is 3. The number of aliphatic carboxylic acids is 3. The van der Waals surface area contributed by atoms with Crippen LogP contribution in [0.5, 0.6) is 5.75 Å². The van der Waals surface area contributed by atoms with Gasteiger partial charge in [0.15, 0.2) is 5.60 Å². The monoisotopic (exact) mass is 756 g/mol. The van der Waals surface area contributed by atoms with E-state index in [4.69, 9.17) is 41.2 Å². The van der Waals surface area contributed by atoms with Gasteiger partial charge in [0, 0.05) is 46.0 Å². The predicted molar refractivity (Wildman–Crippen MR) is 190 cm³/mol. The van der Waals surface area contributed by atoms with Crippen LogP contribution in [0.2, 0.25) is 5.02 Å². The van der Waals surface area contributed by atoms with Gasteiger partial charge in [-0.05, 0) is 66.2 Å². The van der Waals surface area contributed by atoms with Gasteiger partial charge >= 0.3 is 17.9 Å². The molecule has 0 bridgehead atoms. The molecule has 0 spiro atoms. The zero-order chi connectivity index (χ0) is 37.8. The van der Waals surface area contributed by atoms with E-state index >= 15 is 0 Å². The molecule has 0 saturated carbocycles. The summed E-state index contributed by atoms with van der Waals surface area (Å²) < 4.78 is 36.5. The van der Waals surface area contributed by atoms with Gasteiger partial charge in [-0.25, -0.2) is 19.2 Å². The molecule has 2 aromatic heterocycles. The predicted octanol–water partition coefficient (Wildman–Crippen LogP) is 5.22. The highest BCUT2D eigenvalue weighted by Gasteiger charge is 2.40. The van der Waals surface area contributed by atoms with Gasteiger partial charge in [-0.3, -0.25) is 13.8 Å². The molecule has 5 rings (SSSR count). The van der Waals surface area contributed by atoms with Crippen molar-refractivity contribution in [3.05, 3.63) is 101 Å². The van der Waals surface area contributed by atoms with Crippen molar-refractivity contribution >= 4 is 62.7 Å². The third-order valence-electron chi connectivity index (χ3n) is 7.21. The lowest BCUT2D eigenvalue weighted by molar-refractivity contribution is -0.170. The largest absolute Gasteiger partial charge is 0.487 e. The Morgan fingerprint density at radius 1 is 0.981 bits per heavy atom. The van der Waals surface area contributed by atoms with Crippen molar-refractivity contribution in [2.24, 2.45) is 0 Å². The number of rotatable bonds is 16. The topological polar surface area (TPSA) is 221 Å². The van der Waals surface area contributed by atoms with Crippen LogP contribution in [0.15, 0.2) is 83.5 Å². The van der Waals surface area contributed by atoms with Gasteiger partial charge in [0.1, 0.15) is 41.8 Å². The molecule has 6 N–H and O–H groups in total. The van der Waals surface area contributed by atoms with Gasteiger partial charge in [-0.1, -0.05) is 23.7 Å². The molecule has 0 aliphatic rings. The number of benzene rings is 3. The smallest absolute Gasteiger partial charge is 0.336 e. The summed E-state index contributed by atoms with van der Waals surface area (Å²) >= 11 is 6.48. The van der Waals surface area contributed by atoms with Crippen molar-refractivity contribution in [1.82, 2.24) is 15.3 Å². The van der Waals surface area contributed by atoms with E-state index in [9.17, 15) is 23.0 Å². The molecule has 52 heavy (non-hydrogen) atoms. The third kappa shape index (κ3) is 11.6. The van der Waals surface area contributed by atoms with E-state index in [0.717, 1.165) is 33.7 Å². The van der Waals surface area contributed by atoms with Crippen LogP contribution in [0.25, 0.3) is 22.2 Å². The van der Waals surface area contributed by atoms with Crippen LogP contribution in [0, 0.1) is 5.82 Å². The highest BCUT2D eigenvalue weighted by molar-refractivity contribution is 7.84. The fourth-order valence-electron chi connectivity index (χ4n) is 4.70. The summed E-state index contributed by atoms with van der Waals surface area (Å²) in [6, 6.07) is 21.3. The molecule has 5 aromatic rings. The highest BCUT2D eigenvalue weighted by atomic mass is 35.5. The quantitative estimate of drug-likeness (QED) is 0.0711. The first-order chi connectivity index (χ1) is 24.7.